The monoisotopic (exact) mass is 1400 g/mol. The summed E-state index contributed by atoms with van der Waals surface area (Å²) in [6.45, 7) is 13.1. The van der Waals surface area contributed by atoms with Gasteiger partial charge in [0.2, 0.25) is 0 Å². The van der Waals surface area contributed by atoms with Gasteiger partial charge >= 0.3 is 0 Å². The van der Waals surface area contributed by atoms with Crippen LogP contribution >= 0.6 is 0 Å². The van der Waals surface area contributed by atoms with Gasteiger partial charge in [0, 0.05) is 69.9 Å². The molecule has 0 atom stereocenters. The van der Waals surface area contributed by atoms with Crippen molar-refractivity contribution in [3.63, 3.8) is 0 Å². The van der Waals surface area contributed by atoms with Crippen molar-refractivity contribution in [2.24, 2.45) is 0 Å². The molecule has 18 aromatic carbocycles. The van der Waals surface area contributed by atoms with E-state index in [4.69, 9.17) is 0 Å². The molecule has 20 rings (SSSR count). The summed E-state index contributed by atoms with van der Waals surface area (Å²) in [6, 6.07) is 77.2. The van der Waals surface area contributed by atoms with E-state index >= 15 is 0 Å². The quantitative estimate of drug-likeness (QED) is 0.0147. The molecule has 0 saturated carbocycles. The van der Waals surface area contributed by atoms with Crippen molar-refractivity contribution >= 4 is 163 Å². The summed E-state index contributed by atoms with van der Waals surface area (Å²) in [4.78, 5) is 0. The van der Waals surface area contributed by atoms with Gasteiger partial charge in [0.25, 0.3) is 0 Å². The Morgan fingerprint density at radius 1 is 0.194 bits per heavy atom. The molecule has 0 saturated heterocycles. The van der Waals surface area contributed by atoms with Crippen LogP contribution in [0.15, 0.2) is 194 Å². The predicted molar refractivity (Wildman–Crippen MR) is 474 cm³/mol. The van der Waals surface area contributed by atoms with Gasteiger partial charge in [-0.25, -0.2) is 0 Å². The first-order valence-corrected chi connectivity index (χ1v) is 42.1. The fraction of sp³-hybridized carbons (Fsp3) is 0.288. The predicted octanol–water partition coefficient (Wildman–Crippen LogP) is 30.6. The van der Waals surface area contributed by atoms with Crippen molar-refractivity contribution in [1.29, 1.82) is 0 Å². The topological polar surface area (TPSA) is 48.1 Å². The number of rotatable bonds is 32. The van der Waals surface area contributed by atoms with E-state index in [1.54, 1.807) is 0 Å². The number of nitrogens with one attached hydrogen (secondary N) is 4. The van der Waals surface area contributed by atoms with E-state index in [0.29, 0.717) is 0 Å². The van der Waals surface area contributed by atoms with Crippen molar-refractivity contribution in [3.8, 4) is 44.5 Å². The van der Waals surface area contributed by atoms with Crippen LogP contribution in [0.3, 0.4) is 0 Å². The van der Waals surface area contributed by atoms with Gasteiger partial charge in [0.15, 0.2) is 0 Å². The maximum Gasteiger partial charge on any atom is 0.0507 e. The first-order valence-electron chi connectivity index (χ1n) is 42.1. The molecule has 0 spiro atoms. The first kappa shape index (κ1) is 67.0. The van der Waals surface area contributed by atoms with Gasteiger partial charge in [0.05, 0.1) is 11.4 Å². The molecule has 0 unspecified atom stereocenters. The molecule has 0 bridgehead atoms. The second kappa shape index (κ2) is 28.0. The summed E-state index contributed by atoms with van der Waals surface area (Å²) < 4.78 is 0. The molecule has 2 aliphatic carbocycles. The van der Waals surface area contributed by atoms with Crippen LogP contribution in [0, 0.1) is 20.9 Å². The second-order valence-corrected chi connectivity index (χ2v) is 32.3. The van der Waals surface area contributed by atoms with E-state index in [2.05, 4.69) is 243 Å². The van der Waals surface area contributed by atoms with E-state index in [1.807, 2.05) is 0 Å². The SMILES string of the molecule is CCCCCCCCNc1ccc(NCCCCCCCC)c2c1=c1ccc3c4ccc5c6c(-c7ccccc7)c7c8ccc9c%10ccc%11c%12c(ccc(c%13ccc(c7c(-c7ccccc7)c6c6ccc(c7ccc=2c1c37)c4c56)c8c9%13)c%12%10)-c1c-%11c(NCCCCCC)c2ccccc2c1NCCCCCCCC. The zero-order chi connectivity index (χ0) is 72.1. The van der Waals surface area contributed by atoms with E-state index in [0.717, 1.165) is 32.6 Å². The fourth-order valence-corrected chi connectivity index (χ4v) is 21.0. The molecule has 0 aliphatic heterocycles. The van der Waals surface area contributed by atoms with Crippen LogP contribution in [-0.2, 0) is 0 Å². The van der Waals surface area contributed by atoms with Crippen molar-refractivity contribution in [2.45, 2.75) is 169 Å². The van der Waals surface area contributed by atoms with Crippen LogP contribution < -0.4 is 21.3 Å². The number of unbranched alkanes of at least 4 members (excludes halogenated alkanes) is 18. The normalized spacial score (nSPS) is 12.7. The smallest absolute Gasteiger partial charge is 0.0507 e. The Labute approximate surface area is 634 Å². The number of hydrogen-bond donors (Lipinski definition) is 4. The van der Waals surface area contributed by atoms with Crippen LogP contribution in [0.5, 0.6) is 0 Å². The molecule has 0 amide bonds. The van der Waals surface area contributed by atoms with E-state index in [9.17, 15) is 0 Å². The number of hydrogen-bond acceptors (Lipinski definition) is 4. The van der Waals surface area contributed by atoms with Gasteiger partial charge in [-0.05, 0) is 211 Å². The number of anilines is 4. The maximum atomic E-state index is 4.16. The second-order valence-electron chi connectivity index (χ2n) is 32.3. The third-order valence-electron chi connectivity index (χ3n) is 25.9. The third-order valence-corrected chi connectivity index (χ3v) is 25.9. The van der Waals surface area contributed by atoms with Crippen molar-refractivity contribution < 1.29 is 0 Å². The fourth-order valence-electron chi connectivity index (χ4n) is 21.0. The van der Waals surface area contributed by atoms with E-state index in [1.165, 1.54) is 363 Å². The molecule has 0 fully saturated rings. The molecule has 536 valence electrons. The van der Waals surface area contributed by atoms with Crippen molar-refractivity contribution in [3.05, 3.63) is 215 Å². The highest BCUT2D eigenvalue weighted by atomic mass is 14.9. The number of benzene rings is 16. The lowest BCUT2D eigenvalue weighted by Gasteiger charge is -2.21. The Kier molecular flexibility index (Phi) is 17.3. The lowest BCUT2D eigenvalue weighted by Crippen LogP contribution is -2.07. The zero-order valence-corrected chi connectivity index (χ0v) is 63.9. The molecule has 2 aliphatic rings. The zero-order valence-electron chi connectivity index (χ0n) is 63.9. The molecule has 4 nitrogen and oxygen atoms in total. The van der Waals surface area contributed by atoms with Gasteiger partial charge in [-0.15, -0.1) is 0 Å². The first-order chi connectivity index (χ1) is 53.6. The van der Waals surface area contributed by atoms with Crippen LogP contribution in [0.4, 0.5) is 22.7 Å². The maximum absolute atomic E-state index is 4.16. The van der Waals surface area contributed by atoms with Gasteiger partial charge in [-0.3, -0.25) is 0 Å². The highest BCUT2D eigenvalue weighted by Gasteiger charge is 2.34. The summed E-state index contributed by atoms with van der Waals surface area (Å²) in [7, 11) is 0. The summed E-state index contributed by atoms with van der Waals surface area (Å²) in [5.74, 6) is 0. The van der Waals surface area contributed by atoms with Crippen molar-refractivity contribution in [2.75, 3.05) is 47.4 Å². The standard InChI is InChI=1S/C104H100N4/c1-5-9-13-17-20-32-59-105-83-57-58-84(106-60-33-21-18-14-10-6-2)96-76-50-42-66-68-44-52-78-92-77(51-43-67(88(68)92)65-41-49-75(95(83)96)91(76)87(65)66)97-85(63-35-25-23-26-36-63)99-79-53-45-69-71-47-55-81-94-82(56-48-72(90(71)94)70-46-54-80(93(79)89(69)70)100(99)86(98(78)97)64-37-27-24-28-38-64)102-101(81)103(107-61-31-16-12-8-4)73-39-29-30-40-74(73)104(102)108-62-34-22-19-15-11-7-3/h23-30,35-58,105-108H,5-22,31-34,59-62H2,1-4H3. The molecule has 0 heterocycles. The number of fused-ring (bicyclic) bond motifs is 15. The largest absolute Gasteiger partial charge is 0.385 e. The molecular formula is C104H100N4. The Balaban J connectivity index is 0.801. The lowest BCUT2D eigenvalue weighted by atomic mass is 9.87. The van der Waals surface area contributed by atoms with E-state index in [-0.39, 0.29) is 0 Å². The minimum atomic E-state index is 0.957. The van der Waals surface area contributed by atoms with Crippen LogP contribution in [0.1, 0.15) is 169 Å². The highest BCUT2D eigenvalue weighted by molar-refractivity contribution is 6.52. The summed E-state index contributed by atoms with van der Waals surface area (Å²) in [5, 5.41) is 57.0. The Morgan fingerprint density at radius 3 is 0.843 bits per heavy atom. The average molecular weight is 1410 g/mol. The Bertz CT molecular complexity index is 6440. The Morgan fingerprint density at radius 2 is 0.472 bits per heavy atom. The lowest BCUT2D eigenvalue weighted by molar-refractivity contribution is 0.617. The minimum absolute atomic E-state index is 0.957. The van der Waals surface area contributed by atoms with Gasteiger partial charge < -0.3 is 21.3 Å². The van der Waals surface area contributed by atoms with Gasteiger partial charge in [0.1, 0.15) is 0 Å². The van der Waals surface area contributed by atoms with Crippen LogP contribution in [-0.4, -0.2) is 26.2 Å². The minimum Gasteiger partial charge on any atom is -0.385 e. The van der Waals surface area contributed by atoms with E-state index < -0.39 is 0 Å². The third kappa shape index (κ3) is 10.3. The summed E-state index contributed by atoms with van der Waals surface area (Å²) >= 11 is 0. The molecule has 0 radical (unpaired) electrons. The van der Waals surface area contributed by atoms with Crippen molar-refractivity contribution in [1.82, 2.24) is 0 Å². The Hall–Kier alpha value is -10.4. The molecule has 0 aromatic heterocycles. The molecular weight excluding hydrogens is 1310 g/mol. The van der Waals surface area contributed by atoms with Gasteiger partial charge in [-0.2, -0.15) is 0 Å². The molecule has 4 N–H and O–H groups in total. The summed E-state index contributed by atoms with van der Waals surface area (Å²) in [5.41, 5.74) is 15.7. The van der Waals surface area contributed by atoms with Gasteiger partial charge in [-0.1, -0.05) is 325 Å². The van der Waals surface area contributed by atoms with Crippen LogP contribution in [0.2, 0.25) is 0 Å². The molecule has 4 heteroatoms. The summed E-state index contributed by atoms with van der Waals surface area (Å²) in [6.07, 6.45) is 28.0. The molecule has 18 aromatic rings. The highest BCUT2D eigenvalue weighted by Crippen LogP contribution is 2.62. The van der Waals surface area contributed by atoms with Crippen LogP contribution in [0.25, 0.3) is 185 Å². The average Bonchev–Trinajstić information content (AvgIpc) is 1.49. The molecule has 108 heavy (non-hydrogen) atoms.